The zero-order valence-corrected chi connectivity index (χ0v) is 43.1. The summed E-state index contributed by atoms with van der Waals surface area (Å²) in [6, 6.07) is 0. The van der Waals surface area contributed by atoms with Gasteiger partial charge in [0.2, 0.25) is 0 Å². The molecule has 0 amide bonds. The minimum Gasteiger partial charge on any atom is -0.462 e. The predicted molar refractivity (Wildman–Crippen MR) is 279 cm³/mol. The molecule has 0 heterocycles. The van der Waals surface area contributed by atoms with Gasteiger partial charge in [0, 0.05) is 19.4 Å². The maximum Gasteiger partial charge on any atom is 0.306 e. The van der Waals surface area contributed by atoms with Crippen LogP contribution in [0.5, 0.6) is 0 Å². The first kappa shape index (κ1) is 61.9. The fourth-order valence-electron chi connectivity index (χ4n) is 8.10. The lowest BCUT2D eigenvalue weighted by atomic mass is 10.0. The Morgan fingerprint density at radius 1 is 0.344 bits per heavy atom. The number of esters is 2. The second-order valence-corrected chi connectivity index (χ2v) is 18.8. The van der Waals surface area contributed by atoms with E-state index in [4.69, 9.17) is 14.2 Å². The third-order valence-corrected chi connectivity index (χ3v) is 12.3. The molecule has 1 unspecified atom stereocenters. The van der Waals surface area contributed by atoms with Crippen LogP contribution in [-0.2, 0) is 23.8 Å². The highest BCUT2D eigenvalue weighted by Crippen LogP contribution is 2.15. The van der Waals surface area contributed by atoms with Gasteiger partial charge in [-0.1, -0.05) is 243 Å². The predicted octanol–water partition coefficient (Wildman–Crippen LogP) is 19.1. The molecule has 5 heteroatoms. The van der Waals surface area contributed by atoms with Gasteiger partial charge in [-0.3, -0.25) is 9.59 Å². The van der Waals surface area contributed by atoms with Gasteiger partial charge in [-0.05, 0) is 83.5 Å². The molecule has 374 valence electrons. The van der Waals surface area contributed by atoms with Crippen LogP contribution in [-0.4, -0.2) is 37.9 Å². The van der Waals surface area contributed by atoms with E-state index in [1.165, 1.54) is 193 Å². The zero-order chi connectivity index (χ0) is 46.3. The Balaban J connectivity index is 4.26. The highest BCUT2D eigenvalue weighted by molar-refractivity contribution is 5.70. The van der Waals surface area contributed by atoms with Gasteiger partial charge in [0.05, 0.1) is 6.61 Å². The number of ether oxygens (including phenoxy) is 3. The Hall–Kier alpha value is -2.14. The Morgan fingerprint density at radius 2 is 0.656 bits per heavy atom. The highest BCUT2D eigenvalue weighted by Gasteiger charge is 2.17. The van der Waals surface area contributed by atoms with E-state index in [-0.39, 0.29) is 25.2 Å². The maximum atomic E-state index is 12.8. The first-order chi connectivity index (χ1) is 31.6. The Labute approximate surface area is 399 Å². The van der Waals surface area contributed by atoms with Crippen molar-refractivity contribution >= 4 is 11.9 Å². The zero-order valence-electron chi connectivity index (χ0n) is 43.1. The third kappa shape index (κ3) is 52.5. The summed E-state index contributed by atoms with van der Waals surface area (Å²) < 4.78 is 17.5. The molecule has 0 aliphatic carbocycles. The number of hydrogen-bond acceptors (Lipinski definition) is 5. The van der Waals surface area contributed by atoms with Gasteiger partial charge < -0.3 is 14.2 Å². The van der Waals surface area contributed by atoms with Gasteiger partial charge in [-0.15, -0.1) is 0 Å². The normalized spacial score (nSPS) is 12.5. The summed E-state index contributed by atoms with van der Waals surface area (Å²) in [5.41, 5.74) is 0. The highest BCUT2D eigenvalue weighted by atomic mass is 16.6. The second kappa shape index (κ2) is 55.2. The van der Waals surface area contributed by atoms with E-state index < -0.39 is 6.10 Å². The minimum atomic E-state index is -0.542. The van der Waals surface area contributed by atoms with E-state index in [2.05, 4.69) is 69.4 Å². The molecule has 0 saturated carbocycles. The number of hydrogen-bond donors (Lipinski definition) is 0. The van der Waals surface area contributed by atoms with Crippen molar-refractivity contribution < 1.29 is 23.8 Å². The summed E-state index contributed by atoms with van der Waals surface area (Å²) in [6.45, 7) is 7.81. The van der Waals surface area contributed by atoms with Crippen LogP contribution >= 0.6 is 0 Å². The number of unbranched alkanes of at least 4 members (excludes halogenated alkanes) is 33. The summed E-state index contributed by atoms with van der Waals surface area (Å²) in [6.07, 6.45) is 68.3. The van der Waals surface area contributed by atoms with E-state index in [1.54, 1.807) is 0 Å². The Bertz CT molecular complexity index is 1060. The number of allylic oxidation sites excluding steroid dienone is 8. The van der Waals surface area contributed by atoms with Gasteiger partial charge >= 0.3 is 11.9 Å². The van der Waals surface area contributed by atoms with Crippen LogP contribution in [0.4, 0.5) is 0 Å². The van der Waals surface area contributed by atoms with Crippen molar-refractivity contribution in [2.45, 2.75) is 297 Å². The van der Waals surface area contributed by atoms with E-state index in [9.17, 15) is 9.59 Å². The van der Waals surface area contributed by atoms with E-state index in [1.807, 2.05) is 0 Å². The molecule has 5 nitrogen and oxygen atoms in total. The largest absolute Gasteiger partial charge is 0.462 e. The molecular formula is C59H108O5. The van der Waals surface area contributed by atoms with Crippen LogP contribution in [0.3, 0.4) is 0 Å². The fraction of sp³-hybridized carbons (Fsp3) is 0.831. The van der Waals surface area contributed by atoms with Crippen molar-refractivity contribution in [1.82, 2.24) is 0 Å². The number of carbonyl (C=O) groups is 2. The second-order valence-electron chi connectivity index (χ2n) is 18.8. The first-order valence-corrected chi connectivity index (χ1v) is 28.2. The maximum absolute atomic E-state index is 12.8. The number of carbonyl (C=O) groups excluding carboxylic acids is 2. The Kier molecular flexibility index (Phi) is 53.3. The van der Waals surface area contributed by atoms with Crippen molar-refractivity contribution in [3.05, 3.63) is 48.6 Å². The first-order valence-electron chi connectivity index (χ1n) is 28.2. The molecule has 0 radical (unpaired) electrons. The van der Waals surface area contributed by atoms with Crippen LogP contribution in [0, 0.1) is 0 Å². The molecule has 0 saturated heterocycles. The quantitative estimate of drug-likeness (QED) is 0.0346. The lowest BCUT2D eigenvalue weighted by Crippen LogP contribution is -2.30. The number of rotatable bonds is 52. The molecule has 64 heavy (non-hydrogen) atoms. The molecule has 0 aromatic heterocycles. The topological polar surface area (TPSA) is 61.8 Å². The summed E-state index contributed by atoms with van der Waals surface area (Å²) in [5.74, 6) is -0.401. The van der Waals surface area contributed by atoms with Crippen LogP contribution < -0.4 is 0 Å². The summed E-state index contributed by atoms with van der Waals surface area (Å²) >= 11 is 0. The van der Waals surface area contributed by atoms with E-state index in [0.717, 1.165) is 64.2 Å². The van der Waals surface area contributed by atoms with Crippen molar-refractivity contribution in [1.29, 1.82) is 0 Å². The van der Waals surface area contributed by atoms with E-state index >= 15 is 0 Å². The van der Waals surface area contributed by atoms with Gasteiger partial charge in [0.25, 0.3) is 0 Å². The fourth-order valence-corrected chi connectivity index (χ4v) is 8.10. The van der Waals surface area contributed by atoms with Crippen LogP contribution in [0.2, 0.25) is 0 Å². The average Bonchev–Trinajstić information content (AvgIpc) is 3.30. The molecule has 0 bridgehead atoms. The van der Waals surface area contributed by atoms with Crippen LogP contribution in [0.1, 0.15) is 290 Å². The molecule has 0 N–H and O–H groups in total. The van der Waals surface area contributed by atoms with Crippen LogP contribution in [0.15, 0.2) is 48.6 Å². The molecule has 0 rings (SSSR count). The minimum absolute atomic E-state index is 0.0794. The smallest absolute Gasteiger partial charge is 0.306 e. The molecule has 1 atom stereocenters. The molecule has 0 aromatic rings. The monoisotopic (exact) mass is 897 g/mol. The third-order valence-electron chi connectivity index (χ3n) is 12.3. The van der Waals surface area contributed by atoms with Crippen molar-refractivity contribution in [3.63, 3.8) is 0 Å². The summed E-state index contributed by atoms with van der Waals surface area (Å²) in [4.78, 5) is 25.5. The molecular weight excluding hydrogens is 789 g/mol. The van der Waals surface area contributed by atoms with Gasteiger partial charge in [0.1, 0.15) is 6.61 Å². The van der Waals surface area contributed by atoms with Gasteiger partial charge in [-0.25, -0.2) is 0 Å². The van der Waals surface area contributed by atoms with Gasteiger partial charge in [-0.2, -0.15) is 0 Å². The van der Waals surface area contributed by atoms with Crippen molar-refractivity contribution in [3.8, 4) is 0 Å². The average molecular weight is 898 g/mol. The SMILES string of the molecule is CCCCC/C=C\C/C=C\C/C=C\CCCCCCCCC(=O)OCC(COCCCCCCCC/C=C\CCCCCCCC)OC(=O)CCCCCCCCCCCCCCC. The van der Waals surface area contributed by atoms with Gasteiger partial charge in [0.15, 0.2) is 6.10 Å². The molecule has 0 aliphatic rings. The lowest BCUT2D eigenvalue weighted by Gasteiger charge is -2.18. The molecule has 0 aromatic carbocycles. The molecule has 0 fully saturated rings. The van der Waals surface area contributed by atoms with Crippen molar-refractivity contribution in [2.75, 3.05) is 19.8 Å². The molecule has 0 spiro atoms. The van der Waals surface area contributed by atoms with Crippen molar-refractivity contribution in [2.24, 2.45) is 0 Å². The summed E-state index contributed by atoms with van der Waals surface area (Å²) in [5, 5.41) is 0. The Morgan fingerprint density at radius 3 is 1.09 bits per heavy atom. The summed E-state index contributed by atoms with van der Waals surface area (Å²) in [7, 11) is 0. The molecule has 0 aliphatic heterocycles. The lowest BCUT2D eigenvalue weighted by molar-refractivity contribution is -0.163. The van der Waals surface area contributed by atoms with E-state index in [0.29, 0.717) is 19.4 Å². The van der Waals surface area contributed by atoms with Crippen LogP contribution in [0.25, 0.3) is 0 Å². The standard InChI is InChI=1S/C59H108O5/c1-4-7-10-13-16-19-22-25-27-29-30-31-32-35-37-40-43-46-49-52-58(60)63-56-57(64-59(61)53-50-47-44-41-38-34-24-21-18-15-12-9-6-3)55-62-54-51-48-45-42-39-36-33-28-26-23-20-17-14-11-8-5-2/h16,19,25-28,30-31,57H,4-15,17-18,20-24,29,32-56H2,1-3H3/b19-16-,27-25-,28-26-,31-30-.